The third kappa shape index (κ3) is 4.08. The summed E-state index contributed by atoms with van der Waals surface area (Å²) in [7, 11) is 0. The first-order chi connectivity index (χ1) is 10.3. The SMILES string of the molecule is CCc1nnc(NCCN2CCSCC2)c(C#N)c1CC. The van der Waals surface area contributed by atoms with Crippen molar-refractivity contribution in [2.75, 3.05) is 43.0 Å². The Bertz CT molecular complexity index is 506. The summed E-state index contributed by atoms with van der Waals surface area (Å²) in [5, 5.41) is 21.2. The molecule has 2 heterocycles. The lowest BCUT2D eigenvalue weighted by Gasteiger charge is -2.26. The second-order valence-corrected chi connectivity index (χ2v) is 6.27. The monoisotopic (exact) mass is 305 g/mol. The van der Waals surface area contributed by atoms with Gasteiger partial charge in [-0.3, -0.25) is 4.90 Å². The van der Waals surface area contributed by atoms with Gasteiger partial charge in [-0.2, -0.15) is 22.1 Å². The van der Waals surface area contributed by atoms with Crippen molar-refractivity contribution < 1.29 is 0 Å². The van der Waals surface area contributed by atoms with Gasteiger partial charge in [0.2, 0.25) is 0 Å². The molecule has 1 aliphatic heterocycles. The van der Waals surface area contributed by atoms with Gasteiger partial charge in [0.05, 0.1) is 5.69 Å². The highest BCUT2D eigenvalue weighted by Gasteiger charge is 2.15. The summed E-state index contributed by atoms with van der Waals surface area (Å²) in [5.41, 5.74) is 2.64. The highest BCUT2D eigenvalue weighted by atomic mass is 32.2. The quantitative estimate of drug-likeness (QED) is 0.866. The molecule has 114 valence electrons. The fourth-order valence-corrected chi connectivity index (χ4v) is 3.55. The summed E-state index contributed by atoms with van der Waals surface area (Å²) < 4.78 is 0. The van der Waals surface area contributed by atoms with Crippen molar-refractivity contribution in [2.24, 2.45) is 0 Å². The summed E-state index contributed by atoms with van der Waals surface area (Å²) in [6.07, 6.45) is 1.64. The van der Waals surface area contributed by atoms with E-state index in [1.807, 2.05) is 18.7 Å². The van der Waals surface area contributed by atoms with Gasteiger partial charge in [-0.05, 0) is 18.4 Å². The van der Waals surface area contributed by atoms with E-state index in [4.69, 9.17) is 0 Å². The fourth-order valence-electron chi connectivity index (χ4n) is 2.57. The van der Waals surface area contributed by atoms with Crippen LogP contribution >= 0.6 is 11.8 Å². The summed E-state index contributed by atoms with van der Waals surface area (Å²) in [5.74, 6) is 3.07. The minimum absolute atomic E-state index is 0.637. The molecule has 0 spiro atoms. The summed E-state index contributed by atoms with van der Waals surface area (Å²) >= 11 is 2.02. The topological polar surface area (TPSA) is 64.8 Å². The van der Waals surface area contributed by atoms with Crippen LogP contribution in [0.3, 0.4) is 0 Å². The molecule has 0 amide bonds. The first kappa shape index (κ1) is 16.1. The fraction of sp³-hybridized carbons (Fsp3) is 0.667. The van der Waals surface area contributed by atoms with Crippen LogP contribution in [0.5, 0.6) is 0 Å². The van der Waals surface area contributed by atoms with E-state index in [-0.39, 0.29) is 0 Å². The average Bonchev–Trinajstić information content (AvgIpc) is 2.55. The lowest BCUT2D eigenvalue weighted by molar-refractivity contribution is 0.314. The number of rotatable bonds is 6. The zero-order valence-electron chi connectivity index (χ0n) is 12.9. The molecule has 1 saturated heterocycles. The molecule has 21 heavy (non-hydrogen) atoms. The predicted octanol–water partition coefficient (Wildman–Crippen LogP) is 1.93. The Morgan fingerprint density at radius 1 is 1.24 bits per heavy atom. The minimum Gasteiger partial charge on any atom is -0.366 e. The number of nitrogens with zero attached hydrogens (tertiary/aromatic N) is 4. The Balaban J connectivity index is 2.00. The molecule has 0 atom stereocenters. The van der Waals surface area contributed by atoms with Crippen LogP contribution in [0.15, 0.2) is 0 Å². The molecule has 0 saturated carbocycles. The lowest BCUT2D eigenvalue weighted by atomic mass is 10.0. The van der Waals surface area contributed by atoms with E-state index in [2.05, 4.69) is 33.4 Å². The third-order valence-electron chi connectivity index (χ3n) is 3.78. The number of anilines is 1. The first-order valence-corrected chi connectivity index (χ1v) is 8.78. The number of nitriles is 1. The van der Waals surface area contributed by atoms with Gasteiger partial charge in [0, 0.05) is 37.7 Å². The zero-order valence-corrected chi connectivity index (χ0v) is 13.7. The largest absolute Gasteiger partial charge is 0.366 e. The van der Waals surface area contributed by atoms with Crippen molar-refractivity contribution >= 4 is 17.6 Å². The Morgan fingerprint density at radius 3 is 2.62 bits per heavy atom. The maximum atomic E-state index is 9.43. The van der Waals surface area contributed by atoms with Crippen LogP contribution in [0.2, 0.25) is 0 Å². The maximum Gasteiger partial charge on any atom is 0.166 e. The van der Waals surface area contributed by atoms with E-state index in [1.54, 1.807) is 0 Å². The molecule has 0 radical (unpaired) electrons. The van der Waals surface area contributed by atoms with Gasteiger partial charge in [0.15, 0.2) is 5.82 Å². The Kier molecular flexibility index (Phi) is 6.27. The van der Waals surface area contributed by atoms with Crippen LogP contribution in [-0.2, 0) is 12.8 Å². The maximum absolute atomic E-state index is 9.43. The summed E-state index contributed by atoms with van der Waals surface area (Å²) in [6.45, 7) is 8.21. The zero-order chi connectivity index (χ0) is 15.1. The van der Waals surface area contributed by atoms with Gasteiger partial charge in [-0.15, -0.1) is 5.10 Å². The van der Waals surface area contributed by atoms with Crippen molar-refractivity contribution in [1.29, 1.82) is 5.26 Å². The molecule has 6 heteroatoms. The minimum atomic E-state index is 0.637. The molecule has 0 aliphatic carbocycles. The van der Waals surface area contributed by atoms with Crippen molar-refractivity contribution in [1.82, 2.24) is 15.1 Å². The standard InChI is InChI=1S/C15H23N5S/c1-3-12-13(11-16)15(19-18-14(12)4-2)17-5-6-20-7-9-21-10-8-20/h3-10H2,1-2H3,(H,17,19). The smallest absolute Gasteiger partial charge is 0.166 e. The van der Waals surface area contributed by atoms with Crippen molar-refractivity contribution in [2.45, 2.75) is 26.7 Å². The molecule has 1 fully saturated rings. The van der Waals surface area contributed by atoms with Crippen LogP contribution in [0, 0.1) is 11.3 Å². The average molecular weight is 305 g/mol. The molecule has 1 aliphatic rings. The number of thioether (sulfide) groups is 1. The predicted molar refractivity (Wildman–Crippen MR) is 87.8 cm³/mol. The molecular formula is C15H23N5S. The highest BCUT2D eigenvalue weighted by molar-refractivity contribution is 7.99. The molecule has 0 bridgehead atoms. The molecule has 5 nitrogen and oxygen atoms in total. The number of aromatic nitrogens is 2. The Morgan fingerprint density at radius 2 is 2.00 bits per heavy atom. The summed E-state index contributed by atoms with van der Waals surface area (Å²) in [4.78, 5) is 2.45. The number of aryl methyl sites for hydroxylation is 1. The van der Waals surface area contributed by atoms with E-state index in [1.165, 1.54) is 11.5 Å². The van der Waals surface area contributed by atoms with Gasteiger partial charge in [-0.25, -0.2) is 0 Å². The molecule has 1 N–H and O–H groups in total. The Labute approximate surface area is 131 Å². The summed E-state index contributed by atoms with van der Waals surface area (Å²) in [6, 6.07) is 2.30. The van der Waals surface area contributed by atoms with E-state index in [0.717, 1.165) is 50.3 Å². The van der Waals surface area contributed by atoms with Gasteiger partial charge in [-0.1, -0.05) is 13.8 Å². The van der Waals surface area contributed by atoms with Gasteiger partial charge < -0.3 is 5.32 Å². The number of hydrogen-bond acceptors (Lipinski definition) is 6. The van der Waals surface area contributed by atoms with Gasteiger partial charge in [0.1, 0.15) is 11.6 Å². The van der Waals surface area contributed by atoms with E-state index < -0.39 is 0 Å². The van der Waals surface area contributed by atoms with Crippen LogP contribution in [0.4, 0.5) is 5.82 Å². The van der Waals surface area contributed by atoms with Gasteiger partial charge >= 0.3 is 0 Å². The second kappa shape index (κ2) is 8.20. The first-order valence-electron chi connectivity index (χ1n) is 7.62. The second-order valence-electron chi connectivity index (χ2n) is 5.05. The van der Waals surface area contributed by atoms with Crippen molar-refractivity contribution in [3.05, 3.63) is 16.8 Å². The van der Waals surface area contributed by atoms with Crippen molar-refractivity contribution in [3.63, 3.8) is 0 Å². The van der Waals surface area contributed by atoms with Crippen LogP contribution < -0.4 is 5.32 Å². The number of nitrogens with one attached hydrogen (secondary N) is 1. The molecule has 0 unspecified atom stereocenters. The molecule has 0 aromatic carbocycles. The van der Waals surface area contributed by atoms with Crippen LogP contribution in [-0.4, -0.2) is 52.8 Å². The molecule has 1 aromatic heterocycles. The molecule has 1 aromatic rings. The van der Waals surface area contributed by atoms with E-state index in [0.29, 0.717) is 11.4 Å². The normalized spacial score (nSPS) is 15.7. The van der Waals surface area contributed by atoms with Crippen LogP contribution in [0.25, 0.3) is 0 Å². The molecular weight excluding hydrogens is 282 g/mol. The van der Waals surface area contributed by atoms with Crippen molar-refractivity contribution in [3.8, 4) is 6.07 Å². The van der Waals surface area contributed by atoms with E-state index >= 15 is 0 Å². The third-order valence-corrected chi connectivity index (χ3v) is 4.72. The Hall–Kier alpha value is -1.32. The lowest BCUT2D eigenvalue weighted by Crippen LogP contribution is -2.36. The molecule has 2 rings (SSSR count). The van der Waals surface area contributed by atoms with E-state index in [9.17, 15) is 5.26 Å². The number of hydrogen-bond donors (Lipinski definition) is 1. The highest BCUT2D eigenvalue weighted by Crippen LogP contribution is 2.19. The van der Waals surface area contributed by atoms with Gasteiger partial charge in [0.25, 0.3) is 0 Å². The van der Waals surface area contributed by atoms with Crippen LogP contribution in [0.1, 0.15) is 30.7 Å².